The minimum atomic E-state index is -0.620. The van der Waals surface area contributed by atoms with Crippen LogP contribution in [0.2, 0.25) is 0 Å². The molecule has 0 saturated carbocycles. The predicted molar refractivity (Wildman–Crippen MR) is 73.4 cm³/mol. The van der Waals surface area contributed by atoms with Crippen LogP contribution in [0.3, 0.4) is 0 Å². The van der Waals surface area contributed by atoms with Crippen molar-refractivity contribution in [3.05, 3.63) is 23.9 Å². The molecule has 1 rings (SSSR count). The first-order valence-corrected chi connectivity index (χ1v) is 6.21. The molecule has 0 radical (unpaired) electrons. The molecule has 6 nitrogen and oxygen atoms in total. The lowest BCUT2D eigenvalue weighted by Gasteiger charge is -2.15. The maximum Gasteiger partial charge on any atom is 0.255 e. The summed E-state index contributed by atoms with van der Waals surface area (Å²) in [5, 5.41) is 5.34. The van der Waals surface area contributed by atoms with Crippen LogP contribution in [0.4, 0.5) is 5.82 Å². The van der Waals surface area contributed by atoms with Gasteiger partial charge in [0.05, 0.1) is 5.56 Å². The third kappa shape index (κ3) is 4.57. The molecule has 4 N–H and O–H groups in total. The summed E-state index contributed by atoms with van der Waals surface area (Å²) in [5.74, 6) is -0.113. The number of hydrogen-bond donors (Lipinski definition) is 3. The highest BCUT2D eigenvalue weighted by molar-refractivity contribution is 6.00. The zero-order valence-corrected chi connectivity index (χ0v) is 11.4. The first kappa shape index (κ1) is 14.9. The molecule has 1 unspecified atom stereocenters. The van der Waals surface area contributed by atoms with Crippen LogP contribution in [-0.2, 0) is 4.79 Å². The summed E-state index contributed by atoms with van der Waals surface area (Å²) < 4.78 is 0. The Morgan fingerprint density at radius 1 is 1.37 bits per heavy atom. The summed E-state index contributed by atoms with van der Waals surface area (Å²) >= 11 is 0. The summed E-state index contributed by atoms with van der Waals surface area (Å²) in [6.45, 7) is 6.20. The number of nitrogens with zero attached hydrogens (tertiary/aromatic N) is 1. The lowest BCUT2D eigenvalue weighted by Crippen LogP contribution is -2.45. The number of hydrogen-bond acceptors (Lipinski definition) is 4. The van der Waals surface area contributed by atoms with Gasteiger partial charge in [-0.25, -0.2) is 4.98 Å². The topological polar surface area (TPSA) is 97.1 Å². The molecule has 0 spiro atoms. The number of nitrogens with one attached hydrogen (secondary N) is 2. The van der Waals surface area contributed by atoms with Crippen molar-refractivity contribution >= 4 is 17.6 Å². The third-order valence-corrected chi connectivity index (χ3v) is 2.51. The Labute approximate surface area is 112 Å². The van der Waals surface area contributed by atoms with Crippen molar-refractivity contribution in [1.82, 2.24) is 15.6 Å². The van der Waals surface area contributed by atoms with Crippen LogP contribution in [0.15, 0.2) is 18.3 Å². The van der Waals surface area contributed by atoms with Crippen molar-refractivity contribution < 1.29 is 9.59 Å². The van der Waals surface area contributed by atoms with Crippen LogP contribution in [0, 0.1) is 5.92 Å². The second kappa shape index (κ2) is 6.72. The van der Waals surface area contributed by atoms with Crippen LogP contribution in [-0.4, -0.2) is 29.4 Å². The number of carbonyl (C=O) groups excluding carboxylic acids is 2. The third-order valence-electron chi connectivity index (χ3n) is 2.51. The molecule has 0 aliphatic rings. The average Bonchev–Trinajstić information content (AvgIpc) is 2.36. The molecule has 1 atom stereocenters. The zero-order chi connectivity index (χ0) is 14.4. The van der Waals surface area contributed by atoms with E-state index in [-0.39, 0.29) is 17.3 Å². The van der Waals surface area contributed by atoms with Crippen molar-refractivity contribution in [3.8, 4) is 0 Å². The molecular weight excluding hydrogens is 244 g/mol. The number of carbonyl (C=O) groups is 2. The van der Waals surface area contributed by atoms with E-state index in [1.807, 2.05) is 13.8 Å². The van der Waals surface area contributed by atoms with Crippen LogP contribution in [0.1, 0.15) is 31.1 Å². The fourth-order valence-electron chi connectivity index (χ4n) is 1.41. The van der Waals surface area contributed by atoms with Crippen molar-refractivity contribution in [1.29, 1.82) is 0 Å². The Morgan fingerprint density at radius 3 is 2.63 bits per heavy atom. The second-order valence-corrected chi connectivity index (χ2v) is 4.77. The van der Waals surface area contributed by atoms with Gasteiger partial charge in [0.1, 0.15) is 11.9 Å². The molecule has 0 aliphatic heterocycles. The van der Waals surface area contributed by atoms with Crippen molar-refractivity contribution in [2.24, 2.45) is 5.92 Å². The molecule has 0 aromatic carbocycles. The van der Waals surface area contributed by atoms with Gasteiger partial charge in [0.2, 0.25) is 5.91 Å². The summed E-state index contributed by atoms with van der Waals surface area (Å²) in [5.41, 5.74) is 5.87. The Balaban J connectivity index is 2.57. The molecule has 19 heavy (non-hydrogen) atoms. The summed E-state index contributed by atoms with van der Waals surface area (Å²) in [7, 11) is 0. The Morgan fingerprint density at radius 2 is 2.05 bits per heavy atom. The highest BCUT2D eigenvalue weighted by Gasteiger charge is 2.18. The molecule has 104 valence electrons. The van der Waals surface area contributed by atoms with Crippen molar-refractivity contribution in [3.63, 3.8) is 0 Å². The van der Waals surface area contributed by atoms with E-state index in [0.717, 1.165) is 0 Å². The molecule has 0 bridgehead atoms. The van der Waals surface area contributed by atoms with Gasteiger partial charge in [-0.1, -0.05) is 13.8 Å². The monoisotopic (exact) mass is 264 g/mol. The molecule has 1 aromatic heterocycles. The van der Waals surface area contributed by atoms with E-state index in [9.17, 15) is 9.59 Å². The SMILES string of the molecule is CC(C)CNC(=O)C(C)NC(=O)c1cccnc1N. The van der Waals surface area contributed by atoms with Crippen LogP contribution in [0.25, 0.3) is 0 Å². The number of rotatable bonds is 5. The standard InChI is InChI=1S/C13H20N4O2/c1-8(2)7-16-12(18)9(3)17-13(19)10-5-4-6-15-11(10)14/h4-6,8-9H,7H2,1-3H3,(H2,14,15)(H,16,18)(H,17,19). The van der Waals surface area contributed by atoms with Crippen molar-refractivity contribution in [2.75, 3.05) is 12.3 Å². The minimum absolute atomic E-state index is 0.148. The minimum Gasteiger partial charge on any atom is -0.383 e. The van der Waals surface area contributed by atoms with E-state index in [1.165, 1.54) is 6.20 Å². The lowest BCUT2D eigenvalue weighted by atomic mass is 10.2. The van der Waals surface area contributed by atoms with Crippen LogP contribution in [0.5, 0.6) is 0 Å². The van der Waals surface area contributed by atoms with Gasteiger partial charge in [0.15, 0.2) is 0 Å². The number of nitrogens with two attached hydrogens (primary N) is 1. The zero-order valence-electron chi connectivity index (χ0n) is 11.4. The molecule has 2 amide bonds. The van der Waals surface area contributed by atoms with Gasteiger partial charge in [0, 0.05) is 12.7 Å². The smallest absolute Gasteiger partial charge is 0.255 e. The van der Waals surface area contributed by atoms with E-state index < -0.39 is 11.9 Å². The summed E-state index contributed by atoms with van der Waals surface area (Å²) in [6.07, 6.45) is 1.50. The maximum absolute atomic E-state index is 11.9. The molecule has 1 aromatic rings. The Hall–Kier alpha value is -2.11. The Kier molecular flexibility index (Phi) is 5.29. The first-order valence-electron chi connectivity index (χ1n) is 6.21. The van der Waals surface area contributed by atoms with Crippen LogP contribution < -0.4 is 16.4 Å². The van der Waals surface area contributed by atoms with E-state index in [4.69, 9.17) is 5.73 Å². The predicted octanol–water partition coefficient (Wildman–Crippen LogP) is 0.554. The van der Waals surface area contributed by atoms with Gasteiger partial charge in [-0.3, -0.25) is 9.59 Å². The molecule has 0 saturated heterocycles. The van der Waals surface area contributed by atoms with E-state index in [0.29, 0.717) is 12.5 Å². The number of aromatic nitrogens is 1. The molecule has 6 heteroatoms. The van der Waals surface area contributed by atoms with Gasteiger partial charge < -0.3 is 16.4 Å². The van der Waals surface area contributed by atoms with Gasteiger partial charge >= 0.3 is 0 Å². The highest BCUT2D eigenvalue weighted by Crippen LogP contribution is 2.06. The molecule has 0 aliphatic carbocycles. The quantitative estimate of drug-likeness (QED) is 0.723. The fraction of sp³-hybridized carbons (Fsp3) is 0.462. The normalized spacial score (nSPS) is 12.0. The second-order valence-electron chi connectivity index (χ2n) is 4.77. The number of amides is 2. The summed E-state index contributed by atoms with van der Waals surface area (Å²) in [6, 6.07) is 2.57. The number of pyridine rings is 1. The fourth-order valence-corrected chi connectivity index (χ4v) is 1.41. The number of anilines is 1. The Bertz CT molecular complexity index is 460. The van der Waals surface area contributed by atoms with E-state index in [1.54, 1.807) is 19.1 Å². The largest absolute Gasteiger partial charge is 0.383 e. The van der Waals surface area contributed by atoms with Gasteiger partial charge in [-0.15, -0.1) is 0 Å². The first-order chi connectivity index (χ1) is 8.91. The molecule has 0 fully saturated rings. The van der Waals surface area contributed by atoms with Crippen LogP contribution >= 0.6 is 0 Å². The highest BCUT2D eigenvalue weighted by atomic mass is 16.2. The average molecular weight is 264 g/mol. The molecular formula is C13H20N4O2. The maximum atomic E-state index is 11.9. The molecule has 1 heterocycles. The van der Waals surface area contributed by atoms with Crippen molar-refractivity contribution in [2.45, 2.75) is 26.8 Å². The van der Waals surface area contributed by atoms with Gasteiger partial charge in [-0.05, 0) is 25.0 Å². The number of nitrogen functional groups attached to an aromatic ring is 1. The lowest BCUT2D eigenvalue weighted by molar-refractivity contribution is -0.122. The van der Waals surface area contributed by atoms with Gasteiger partial charge in [-0.2, -0.15) is 0 Å². The van der Waals surface area contributed by atoms with Gasteiger partial charge in [0.25, 0.3) is 5.91 Å². The van der Waals surface area contributed by atoms with E-state index >= 15 is 0 Å². The van der Waals surface area contributed by atoms with E-state index in [2.05, 4.69) is 15.6 Å². The summed E-state index contributed by atoms with van der Waals surface area (Å²) in [4.78, 5) is 27.5.